The van der Waals surface area contributed by atoms with Gasteiger partial charge in [-0.05, 0) is 11.6 Å². The molecule has 2 rings (SSSR count). The minimum absolute atomic E-state index is 0.0987. The van der Waals surface area contributed by atoms with Crippen LogP contribution in [0, 0.1) is 0 Å². The molecule has 0 radical (unpaired) electrons. The topological polar surface area (TPSA) is 69.9 Å². The van der Waals surface area contributed by atoms with Crippen molar-refractivity contribution >= 4 is 0 Å². The number of ether oxygens (including phenoxy) is 1. The number of aliphatic hydroxyl groups excluding tert-OH is 1. The van der Waals surface area contributed by atoms with Gasteiger partial charge in [0.1, 0.15) is 12.4 Å². The molecule has 0 spiro atoms. The monoisotopic (exact) mass is 246 g/mol. The van der Waals surface area contributed by atoms with Crippen molar-refractivity contribution in [1.29, 1.82) is 0 Å². The molecule has 4 heteroatoms. The third-order valence-corrected chi connectivity index (χ3v) is 2.57. The highest BCUT2D eigenvalue weighted by atomic mass is 16.5. The molecule has 4 nitrogen and oxygen atoms in total. The molecule has 0 saturated carbocycles. The Morgan fingerprint density at radius 3 is 2.33 bits per heavy atom. The van der Waals surface area contributed by atoms with E-state index < -0.39 is 0 Å². The molecule has 0 heterocycles. The number of phenolic OH excluding ortho intramolecular Hbond substituents is 1. The Bertz CT molecular complexity index is 523. The predicted octanol–water partition coefficient (Wildman–Crippen LogP) is 2.17. The van der Waals surface area contributed by atoms with Crippen LogP contribution in [0.5, 0.6) is 17.2 Å². The van der Waals surface area contributed by atoms with Gasteiger partial charge in [0, 0.05) is 11.6 Å². The van der Waals surface area contributed by atoms with E-state index in [1.165, 1.54) is 12.1 Å². The summed E-state index contributed by atoms with van der Waals surface area (Å²) in [5.41, 5.74) is 1.22. The van der Waals surface area contributed by atoms with Crippen LogP contribution in [0.15, 0.2) is 42.5 Å². The summed E-state index contributed by atoms with van der Waals surface area (Å²) in [6, 6.07) is 12.1. The summed E-state index contributed by atoms with van der Waals surface area (Å²) in [4.78, 5) is 0. The van der Waals surface area contributed by atoms with Crippen molar-refractivity contribution in [3.8, 4) is 17.2 Å². The average Bonchev–Trinajstić information content (AvgIpc) is 2.40. The van der Waals surface area contributed by atoms with Gasteiger partial charge in [0.2, 0.25) is 0 Å². The molecule has 18 heavy (non-hydrogen) atoms. The van der Waals surface area contributed by atoms with E-state index in [1.807, 2.05) is 30.3 Å². The average molecular weight is 246 g/mol. The van der Waals surface area contributed by atoms with Crippen LogP contribution >= 0.6 is 0 Å². The Balaban J connectivity index is 2.13. The molecule has 0 saturated heterocycles. The van der Waals surface area contributed by atoms with E-state index in [4.69, 9.17) is 9.84 Å². The first kappa shape index (κ1) is 12.3. The van der Waals surface area contributed by atoms with E-state index in [0.29, 0.717) is 6.61 Å². The smallest absolute Gasteiger partial charge is 0.165 e. The van der Waals surface area contributed by atoms with E-state index in [9.17, 15) is 10.2 Å². The second-order valence-electron chi connectivity index (χ2n) is 3.88. The van der Waals surface area contributed by atoms with Crippen LogP contribution in [0.3, 0.4) is 0 Å². The number of hydrogen-bond donors (Lipinski definition) is 3. The van der Waals surface area contributed by atoms with Gasteiger partial charge in [0.05, 0.1) is 6.61 Å². The van der Waals surface area contributed by atoms with Crippen molar-refractivity contribution in [3.05, 3.63) is 53.6 Å². The molecule has 0 atom stereocenters. The van der Waals surface area contributed by atoms with Gasteiger partial charge in [0.15, 0.2) is 11.5 Å². The van der Waals surface area contributed by atoms with E-state index in [0.717, 1.165) is 5.56 Å². The molecule has 0 amide bonds. The molecule has 0 unspecified atom stereocenters. The zero-order valence-electron chi connectivity index (χ0n) is 9.71. The maximum Gasteiger partial charge on any atom is 0.165 e. The van der Waals surface area contributed by atoms with Crippen molar-refractivity contribution in [2.45, 2.75) is 13.2 Å². The molecule has 0 aromatic heterocycles. The number of rotatable bonds is 4. The highest BCUT2D eigenvalue weighted by Gasteiger charge is 2.09. The van der Waals surface area contributed by atoms with Crippen LogP contribution in [0.4, 0.5) is 0 Å². The maximum absolute atomic E-state index is 9.68. The van der Waals surface area contributed by atoms with Crippen LogP contribution in [0.2, 0.25) is 0 Å². The first-order chi connectivity index (χ1) is 8.70. The number of aliphatic hydroxyl groups is 1. The molecule has 0 fully saturated rings. The summed E-state index contributed by atoms with van der Waals surface area (Å²) in [5, 5.41) is 28.2. The normalized spacial score (nSPS) is 10.3. The summed E-state index contributed by atoms with van der Waals surface area (Å²) in [6.45, 7) is -0.0370. The lowest BCUT2D eigenvalue weighted by Crippen LogP contribution is -1.96. The third kappa shape index (κ3) is 2.73. The van der Waals surface area contributed by atoms with Crippen LogP contribution in [-0.2, 0) is 13.2 Å². The van der Waals surface area contributed by atoms with Gasteiger partial charge >= 0.3 is 0 Å². The molecule has 0 aliphatic carbocycles. The van der Waals surface area contributed by atoms with Gasteiger partial charge in [-0.2, -0.15) is 0 Å². The number of aromatic hydroxyl groups is 2. The van der Waals surface area contributed by atoms with Crippen molar-refractivity contribution in [2.24, 2.45) is 0 Å². The van der Waals surface area contributed by atoms with Gasteiger partial charge in [-0.1, -0.05) is 30.3 Å². The Kier molecular flexibility index (Phi) is 3.69. The quantitative estimate of drug-likeness (QED) is 0.723. The summed E-state index contributed by atoms with van der Waals surface area (Å²) < 4.78 is 5.41. The molecule has 0 aliphatic heterocycles. The molecule has 94 valence electrons. The zero-order valence-corrected chi connectivity index (χ0v) is 9.71. The zero-order chi connectivity index (χ0) is 13.0. The van der Waals surface area contributed by atoms with Crippen LogP contribution < -0.4 is 4.74 Å². The van der Waals surface area contributed by atoms with Gasteiger partial charge in [-0.3, -0.25) is 0 Å². The lowest BCUT2D eigenvalue weighted by atomic mass is 10.2. The summed E-state index contributed by atoms with van der Waals surface area (Å²) >= 11 is 0. The van der Waals surface area contributed by atoms with E-state index in [1.54, 1.807) is 0 Å². The minimum Gasteiger partial charge on any atom is -0.507 e. The first-order valence-electron chi connectivity index (χ1n) is 5.53. The minimum atomic E-state index is -0.335. The van der Waals surface area contributed by atoms with Gasteiger partial charge in [-0.25, -0.2) is 0 Å². The highest BCUT2D eigenvalue weighted by Crippen LogP contribution is 2.33. The summed E-state index contributed by atoms with van der Waals surface area (Å²) in [5.74, 6) is -0.0142. The third-order valence-electron chi connectivity index (χ3n) is 2.57. The van der Waals surface area contributed by atoms with E-state index >= 15 is 0 Å². The van der Waals surface area contributed by atoms with Gasteiger partial charge in [-0.15, -0.1) is 0 Å². The summed E-state index contributed by atoms with van der Waals surface area (Å²) in [7, 11) is 0. The Hall–Kier alpha value is -2.20. The van der Waals surface area contributed by atoms with Crippen molar-refractivity contribution in [2.75, 3.05) is 0 Å². The Morgan fingerprint density at radius 1 is 0.944 bits per heavy atom. The van der Waals surface area contributed by atoms with E-state index in [-0.39, 0.29) is 29.4 Å². The maximum atomic E-state index is 9.68. The Labute approximate surface area is 105 Å². The summed E-state index contributed by atoms with van der Waals surface area (Å²) in [6.07, 6.45) is 0. The number of phenols is 2. The lowest BCUT2D eigenvalue weighted by molar-refractivity contribution is 0.268. The van der Waals surface area contributed by atoms with Gasteiger partial charge < -0.3 is 20.1 Å². The number of benzene rings is 2. The number of hydrogen-bond acceptors (Lipinski definition) is 4. The molecule has 0 aliphatic rings. The molecule has 2 aromatic rings. The molecule has 3 N–H and O–H groups in total. The largest absolute Gasteiger partial charge is 0.507 e. The molecular weight excluding hydrogens is 232 g/mol. The first-order valence-corrected chi connectivity index (χ1v) is 5.53. The van der Waals surface area contributed by atoms with Crippen molar-refractivity contribution in [1.82, 2.24) is 0 Å². The predicted molar refractivity (Wildman–Crippen MR) is 66.5 cm³/mol. The molecule has 2 aromatic carbocycles. The fourth-order valence-corrected chi connectivity index (χ4v) is 1.58. The van der Waals surface area contributed by atoms with Crippen molar-refractivity contribution in [3.63, 3.8) is 0 Å². The fourth-order valence-electron chi connectivity index (χ4n) is 1.58. The van der Waals surface area contributed by atoms with E-state index in [2.05, 4.69) is 0 Å². The van der Waals surface area contributed by atoms with Crippen LogP contribution in [0.1, 0.15) is 11.1 Å². The SMILES string of the molecule is OCc1cc(O)c(OCc2ccccc2)cc1O. The van der Waals surface area contributed by atoms with Crippen molar-refractivity contribution < 1.29 is 20.1 Å². The molecule has 0 bridgehead atoms. The lowest BCUT2D eigenvalue weighted by Gasteiger charge is -2.10. The second kappa shape index (κ2) is 5.42. The fraction of sp³-hybridized carbons (Fsp3) is 0.143. The van der Waals surface area contributed by atoms with Crippen LogP contribution in [0.25, 0.3) is 0 Å². The Morgan fingerprint density at radius 2 is 1.67 bits per heavy atom. The highest BCUT2D eigenvalue weighted by molar-refractivity contribution is 5.49. The van der Waals surface area contributed by atoms with Gasteiger partial charge in [0.25, 0.3) is 0 Å². The second-order valence-corrected chi connectivity index (χ2v) is 3.88. The standard InChI is InChI=1S/C14H14O4/c15-8-11-6-13(17)14(7-12(11)16)18-9-10-4-2-1-3-5-10/h1-7,15-17H,8-9H2. The van der Waals surface area contributed by atoms with Crippen LogP contribution in [-0.4, -0.2) is 15.3 Å². The molecular formula is C14H14O4.